The number of rotatable bonds is 13. The van der Waals surface area contributed by atoms with E-state index in [1.807, 2.05) is 43.5 Å². The van der Waals surface area contributed by atoms with Crippen LogP contribution in [0.2, 0.25) is 0 Å². The summed E-state index contributed by atoms with van der Waals surface area (Å²) in [6.45, 7) is 4.86. The summed E-state index contributed by atoms with van der Waals surface area (Å²) in [6.07, 6.45) is 4.43. The highest BCUT2D eigenvalue weighted by Crippen LogP contribution is 2.36. The summed E-state index contributed by atoms with van der Waals surface area (Å²) in [7, 11) is 1.80. The Morgan fingerprint density at radius 1 is 1.16 bits per heavy atom. The fraction of sp³-hybridized carbons (Fsp3) is 0.294. The maximum atomic E-state index is 14.5. The minimum absolute atomic E-state index is 0.0534. The van der Waals surface area contributed by atoms with Crippen molar-refractivity contribution in [3.63, 3.8) is 0 Å². The van der Waals surface area contributed by atoms with Gasteiger partial charge in [0.15, 0.2) is 22.4 Å². The quantitative estimate of drug-likeness (QED) is 0.0892. The van der Waals surface area contributed by atoms with Crippen LogP contribution in [0.1, 0.15) is 69.3 Å². The van der Waals surface area contributed by atoms with E-state index < -0.39 is 11.8 Å². The molecule has 0 aliphatic rings. The second-order valence-corrected chi connectivity index (χ2v) is 12.6. The Labute approximate surface area is 269 Å². The molecular weight excluding hydrogens is 610 g/mol. The molecule has 0 saturated carbocycles. The second kappa shape index (κ2) is 15.1. The molecule has 3 N–H and O–H groups in total. The summed E-state index contributed by atoms with van der Waals surface area (Å²) < 4.78 is 21.3. The number of hydrogen-bond acceptors (Lipinski definition) is 9. The third-order valence-electron chi connectivity index (χ3n) is 7.05. The van der Waals surface area contributed by atoms with Crippen LogP contribution in [0.3, 0.4) is 0 Å². The minimum Gasteiger partial charge on any atom is -0.491 e. The average Bonchev–Trinajstić information content (AvgIpc) is 3.64. The van der Waals surface area contributed by atoms with E-state index in [0.29, 0.717) is 29.8 Å². The average molecular weight is 644 g/mol. The molecule has 2 aromatic carbocycles. The molecule has 232 valence electrons. The van der Waals surface area contributed by atoms with Crippen LogP contribution < -0.4 is 15.4 Å². The lowest BCUT2D eigenvalue weighted by Gasteiger charge is -2.15. The van der Waals surface area contributed by atoms with Crippen LogP contribution in [0.5, 0.6) is 5.75 Å². The standard InChI is InChI=1S/C34H34FN5O3S2/c1-4-9-23(26-18-21(2)27(20-37-26)39-34-38-25-11-5-6-12-29(25)45-34)32-40-31(33(41)42)30(44-32)13-8-17-43-28-15-14-22(19-24(28)35)10-7-16-36-3/h5-6,11-12,14-15,18-20,23,36H,4,8-9,13,16-17H2,1-3H3,(H,38,39)(H,41,42). The van der Waals surface area contributed by atoms with E-state index in [1.54, 1.807) is 30.5 Å². The largest absolute Gasteiger partial charge is 0.491 e. The van der Waals surface area contributed by atoms with Crippen LogP contribution in [0.25, 0.3) is 10.2 Å². The molecule has 8 nitrogen and oxygen atoms in total. The van der Waals surface area contributed by atoms with E-state index in [4.69, 9.17) is 9.72 Å². The van der Waals surface area contributed by atoms with Crippen LogP contribution in [0, 0.1) is 24.6 Å². The van der Waals surface area contributed by atoms with Gasteiger partial charge in [-0.2, -0.15) is 0 Å². The van der Waals surface area contributed by atoms with Crippen molar-refractivity contribution in [3.8, 4) is 17.6 Å². The van der Waals surface area contributed by atoms with Crippen LogP contribution >= 0.6 is 22.7 Å². The number of pyridine rings is 1. The van der Waals surface area contributed by atoms with Gasteiger partial charge in [-0.1, -0.05) is 48.7 Å². The molecule has 5 aromatic rings. The van der Waals surface area contributed by atoms with Gasteiger partial charge in [0, 0.05) is 10.4 Å². The number of para-hydroxylation sites is 1. The number of halogens is 1. The van der Waals surface area contributed by atoms with Gasteiger partial charge in [-0.15, -0.1) is 11.3 Å². The maximum Gasteiger partial charge on any atom is 0.355 e. The summed E-state index contributed by atoms with van der Waals surface area (Å²) in [5.74, 6) is 4.25. The third-order valence-corrected chi connectivity index (χ3v) is 9.23. The lowest BCUT2D eigenvalue weighted by Crippen LogP contribution is -2.07. The van der Waals surface area contributed by atoms with Gasteiger partial charge in [0.1, 0.15) is 5.01 Å². The van der Waals surface area contributed by atoms with E-state index in [9.17, 15) is 14.3 Å². The Balaban J connectivity index is 1.27. The van der Waals surface area contributed by atoms with Gasteiger partial charge >= 0.3 is 5.97 Å². The Hall–Kier alpha value is -4.37. The van der Waals surface area contributed by atoms with Gasteiger partial charge in [-0.05, 0) is 75.2 Å². The molecule has 1 unspecified atom stereocenters. The Kier molecular flexibility index (Phi) is 10.7. The molecule has 0 bridgehead atoms. The summed E-state index contributed by atoms with van der Waals surface area (Å²) in [4.78, 5) is 26.8. The van der Waals surface area contributed by atoms with Crippen molar-refractivity contribution in [2.45, 2.75) is 45.4 Å². The summed E-state index contributed by atoms with van der Waals surface area (Å²) in [5.41, 5.74) is 4.30. The highest BCUT2D eigenvalue weighted by Gasteiger charge is 2.25. The fourth-order valence-corrected chi connectivity index (χ4v) is 6.95. The molecule has 0 radical (unpaired) electrons. The number of fused-ring (bicyclic) bond motifs is 1. The molecule has 0 amide bonds. The summed E-state index contributed by atoms with van der Waals surface area (Å²) >= 11 is 2.99. The minimum atomic E-state index is -1.07. The first kappa shape index (κ1) is 32.0. The van der Waals surface area contributed by atoms with E-state index in [1.165, 1.54) is 17.4 Å². The van der Waals surface area contributed by atoms with Crippen molar-refractivity contribution < 1.29 is 19.0 Å². The predicted molar refractivity (Wildman–Crippen MR) is 179 cm³/mol. The van der Waals surface area contributed by atoms with Crippen LogP contribution in [-0.2, 0) is 6.42 Å². The molecule has 0 aliphatic carbocycles. The monoisotopic (exact) mass is 643 g/mol. The van der Waals surface area contributed by atoms with E-state index >= 15 is 0 Å². The van der Waals surface area contributed by atoms with Gasteiger partial charge in [0.25, 0.3) is 0 Å². The van der Waals surface area contributed by atoms with E-state index in [0.717, 1.165) is 50.1 Å². The van der Waals surface area contributed by atoms with Gasteiger partial charge in [-0.25, -0.2) is 19.2 Å². The molecule has 3 heterocycles. The number of carboxylic acid groups (broad SMARTS) is 1. The van der Waals surface area contributed by atoms with Crippen molar-refractivity contribution in [1.82, 2.24) is 20.3 Å². The number of benzene rings is 2. The van der Waals surface area contributed by atoms with Crippen LogP contribution in [0.4, 0.5) is 15.2 Å². The van der Waals surface area contributed by atoms with Gasteiger partial charge in [-0.3, -0.25) is 4.98 Å². The molecule has 1 atom stereocenters. The zero-order valence-electron chi connectivity index (χ0n) is 25.3. The zero-order chi connectivity index (χ0) is 31.8. The molecule has 0 spiro atoms. The second-order valence-electron chi connectivity index (χ2n) is 10.4. The summed E-state index contributed by atoms with van der Waals surface area (Å²) in [6, 6.07) is 14.7. The number of anilines is 2. The number of thiazole rings is 2. The Bertz CT molecular complexity index is 1830. The fourth-order valence-electron chi connectivity index (χ4n) is 4.83. The molecule has 11 heteroatoms. The smallest absolute Gasteiger partial charge is 0.355 e. The Morgan fingerprint density at radius 2 is 2.00 bits per heavy atom. The van der Waals surface area contributed by atoms with Crippen molar-refractivity contribution >= 4 is 49.7 Å². The summed E-state index contributed by atoms with van der Waals surface area (Å²) in [5, 5.41) is 17.8. The van der Waals surface area contributed by atoms with E-state index in [2.05, 4.69) is 39.4 Å². The predicted octanol–water partition coefficient (Wildman–Crippen LogP) is 7.55. The molecule has 0 aliphatic heterocycles. The van der Waals surface area contributed by atoms with Crippen molar-refractivity contribution in [3.05, 3.63) is 92.9 Å². The molecule has 3 aromatic heterocycles. The topological polar surface area (TPSA) is 109 Å². The molecule has 5 rings (SSSR count). The van der Waals surface area contributed by atoms with Gasteiger partial charge in [0.05, 0.1) is 46.9 Å². The SMILES string of the molecule is CCCC(c1cc(C)c(Nc2nc3ccccc3s2)cn1)c1nc(C(=O)O)c(CCCOc2ccc(C#CCNC)cc2F)s1. The van der Waals surface area contributed by atoms with Crippen LogP contribution in [-0.4, -0.2) is 46.2 Å². The zero-order valence-corrected chi connectivity index (χ0v) is 26.9. The van der Waals surface area contributed by atoms with Gasteiger partial charge in [0.2, 0.25) is 0 Å². The number of hydrogen-bond donors (Lipinski definition) is 3. The van der Waals surface area contributed by atoms with E-state index in [-0.39, 0.29) is 24.0 Å². The first-order valence-corrected chi connectivity index (χ1v) is 16.4. The van der Waals surface area contributed by atoms with Crippen LogP contribution in [0.15, 0.2) is 54.7 Å². The van der Waals surface area contributed by atoms with Crippen molar-refractivity contribution in [2.24, 2.45) is 0 Å². The molecule has 0 saturated heterocycles. The number of aromatic nitrogens is 3. The highest BCUT2D eigenvalue weighted by molar-refractivity contribution is 7.22. The van der Waals surface area contributed by atoms with Crippen molar-refractivity contribution in [1.29, 1.82) is 0 Å². The van der Waals surface area contributed by atoms with Crippen molar-refractivity contribution in [2.75, 3.05) is 25.5 Å². The molecule has 45 heavy (non-hydrogen) atoms. The van der Waals surface area contributed by atoms with Gasteiger partial charge < -0.3 is 20.5 Å². The number of carboxylic acids is 1. The lowest BCUT2D eigenvalue weighted by molar-refractivity contribution is 0.0689. The third kappa shape index (κ3) is 8.02. The number of ether oxygens (including phenoxy) is 1. The molecule has 0 fully saturated rings. The lowest BCUT2D eigenvalue weighted by atomic mass is 9.98. The number of aryl methyl sites for hydroxylation is 2. The molecular formula is C34H34FN5O3S2. The first-order chi connectivity index (χ1) is 21.9. The first-order valence-electron chi connectivity index (χ1n) is 14.7. The highest BCUT2D eigenvalue weighted by atomic mass is 32.1. The number of carbonyl (C=O) groups is 1. The number of aromatic carboxylic acids is 1. The normalized spacial score (nSPS) is 11.6. The maximum absolute atomic E-state index is 14.5. The number of nitrogens with one attached hydrogen (secondary N) is 2. The number of nitrogens with zero attached hydrogens (tertiary/aromatic N) is 3. The Morgan fingerprint density at radius 3 is 2.73 bits per heavy atom.